The van der Waals surface area contributed by atoms with E-state index in [9.17, 15) is 18.0 Å². The van der Waals surface area contributed by atoms with Gasteiger partial charge >= 0.3 is 6.18 Å². The first kappa shape index (κ1) is 20.6. The van der Waals surface area contributed by atoms with Crippen LogP contribution in [0.1, 0.15) is 38.9 Å². The number of pyridine rings is 3. The highest BCUT2D eigenvalue weighted by molar-refractivity contribution is 5.97. The van der Waals surface area contributed by atoms with Gasteiger partial charge in [-0.3, -0.25) is 9.78 Å². The van der Waals surface area contributed by atoms with Crippen LogP contribution in [-0.4, -0.2) is 45.5 Å². The van der Waals surface area contributed by atoms with Gasteiger partial charge in [-0.15, -0.1) is 0 Å². The number of ether oxygens (including phenoxy) is 2. The smallest absolute Gasteiger partial charge is 0.383 e. The van der Waals surface area contributed by atoms with Gasteiger partial charge in [-0.25, -0.2) is 9.97 Å². The van der Waals surface area contributed by atoms with Gasteiger partial charge in [0.1, 0.15) is 11.5 Å². The quantitative estimate of drug-likeness (QED) is 0.647. The van der Waals surface area contributed by atoms with E-state index in [1.54, 1.807) is 6.07 Å². The Kier molecular flexibility index (Phi) is 4.94. The summed E-state index contributed by atoms with van der Waals surface area (Å²) in [5.41, 5.74) is 7.89. The van der Waals surface area contributed by atoms with Crippen molar-refractivity contribution in [1.29, 1.82) is 0 Å². The lowest BCUT2D eigenvalue weighted by Crippen LogP contribution is -2.44. The molecule has 11 heteroatoms. The van der Waals surface area contributed by atoms with Crippen LogP contribution in [0.25, 0.3) is 10.9 Å². The minimum atomic E-state index is -4.49. The van der Waals surface area contributed by atoms with Crippen LogP contribution in [-0.2, 0) is 28.9 Å². The van der Waals surface area contributed by atoms with Crippen molar-refractivity contribution in [2.75, 3.05) is 25.5 Å². The second-order valence-electron chi connectivity index (χ2n) is 7.59. The number of fused-ring (bicyclic) bond motifs is 3. The highest BCUT2D eigenvalue weighted by atomic mass is 19.4. The maximum atomic E-state index is 13.3. The van der Waals surface area contributed by atoms with E-state index in [2.05, 4.69) is 15.0 Å². The van der Waals surface area contributed by atoms with Gasteiger partial charge in [0.25, 0.3) is 5.91 Å². The second-order valence-corrected chi connectivity index (χ2v) is 7.59. The first-order valence-electron chi connectivity index (χ1n) is 9.89. The molecular formula is C21H18F3N5O3. The molecule has 32 heavy (non-hydrogen) atoms. The Morgan fingerprint density at radius 1 is 1.12 bits per heavy atom. The van der Waals surface area contributed by atoms with Crippen LogP contribution in [0, 0.1) is 0 Å². The standard InChI is InChI=1S/C21H18F3N5O3/c22-21(23,24)11-1-2-15(26-6-11)18-10-31-4-3-29(18)20(30)16-5-12-13-8-32-9-14(13)19(25)28-17(12)7-27-16/h1-2,5-7,18H,3-4,8-10H2,(H2,25,28). The molecule has 1 fully saturated rings. The summed E-state index contributed by atoms with van der Waals surface area (Å²) in [5, 5.41) is 0.738. The Morgan fingerprint density at radius 2 is 1.94 bits per heavy atom. The largest absolute Gasteiger partial charge is 0.417 e. The molecule has 0 bridgehead atoms. The van der Waals surface area contributed by atoms with E-state index in [1.165, 1.54) is 17.2 Å². The molecule has 3 aromatic heterocycles. The van der Waals surface area contributed by atoms with Gasteiger partial charge in [0.15, 0.2) is 0 Å². The van der Waals surface area contributed by atoms with Crippen LogP contribution in [0.5, 0.6) is 0 Å². The summed E-state index contributed by atoms with van der Waals surface area (Å²) in [5.74, 6) is 0.0129. The summed E-state index contributed by atoms with van der Waals surface area (Å²) in [7, 11) is 0. The Labute approximate surface area is 180 Å². The number of nitrogens with two attached hydrogens (primary N) is 1. The lowest BCUT2D eigenvalue weighted by molar-refractivity contribution is -0.137. The molecule has 0 saturated carbocycles. The van der Waals surface area contributed by atoms with E-state index in [1.807, 2.05) is 0 Å². The number of hydrogen-bond acceptors (Lipinski definition) is 7. The van der Waals surface area contributed by atoms with Gasteiger partial charge < -0.3 is 20.1 Å². The molecule has 0 spiro atoms. The van der Waals surface area contributed by atoms with Crippen molar-refractivity contribution < 1.29 is 27.4 Å². The molecule has 2 aliphatic heterocycles. The Bertz CT molecular complexity index is 1200. The number of carbonyl (C=O) groups is 1. The van der Waals surface area contributed by atoms with Crippen molar-refractivity contribution in [2.24, 2.45) is 0 Å². The average molecular weight is 445 g/mol. The molecule has 0 aromatic carbocycles. The molecule has 8 nitrogen and oxygen atoms in total. The molecule has 5 rings (SSSR count). The van der Waals surface area contributed by atoms with E-state index in [0.717, 1.165) is 28.8 Å². The summed E-state index contributed by atoms with van der Waals surface area (Å²) in [6.07, 6.45) is -2.23. The van der Waals surface area contributed by atoms with Crippen molar-refractivity contribution in [3.63, 3.8) is 0 Å². The molecule has 1 unspecified atom stereocenters. The third-order valence-electron chi connectivity index (χ3n) is 5.68. The molecule has 1 amide bonds. The predicted octanol–water partition coefficient (Wildman–Crippen LogP) is 2.87. The third-order valence-corrected chi connectivity index (χ3v) is 5.68. The lowest BCUT2D eigenvalue weighted by Gasteiger charge is -2.35. The molecule has 2 N–H and O–H groups in total. The van der Waals surface area contributed by atoms with Crippen LogP contribution in [0.3, 0.4) is 0 Å². The third kappa shape index (κ3) is 3.53. The lowest BCUT2D eigenvalue weighted by atomic mass is 10.0. The second kappa shape index (κ2) is 7.68. The highest BCUT2D eigenvalue weighted by Gasteiger charge is 2.34. The number of aromatic nitrogens is 3. The van der Waals surface area contributed by atoms with Gasteiger partial charge in [0.2, 0.25) is 0 Å². The zero-order chi connectivity index (χ0) is 22.5. The number of rotatable bonds is 2. The molecule has 0 aliphatic carbocycles. The van der Waals surface area contributed by atoms with Crippen LogP contribution in [0.15, 0.2) is 30.6 Å². The SMILES string of the molecule is Nc1nc2cnc(C(=O)N3CCOCC3c3ccc(C(F)(F)F)cn3)cc2c2c1COC2. The fourth-order valence-corrected chi connectivity index (χ4v) is 4.00. The first-order chi connectivity index (χ1) is 15.3. The van der Waals surface area contributed by atoms with Crippen LogP contribution < -0.4 is 5.73 Å². The number of carbonyl (C=O) groups excluding carboxylic acids is 1. The van der Waals surface area contributed by atoms with E-state index in [0.29, 0.717) is 36.8 Å². The van der Waals surface area contributed by atoms with Gasteiger partial charge in [0, 0.05) is 23.7 Å². The summed E-state index contributed by atoms with van der Waals surface area (Å²) in [6, 6.07) is 3.25. The number of nitrogens with zero attached hydrogens (tertiary/aromatic N) is 4. The van der Waals surface area contributed by atoms with Crippen molar-refractivity contribution in [2.45, 2.75) is 25.4 Å². The summed E-state index contributed by atoms with van der Waals surface area (Å²) in [6.45, 7) is 1.41. The van der Waals surface area contributed by atoms with E-state index >= 15 is 0 Å². The maximum absolute atomic E-state index is 13.3. The minimum Gasteiger partial charge on any atom is -0.383 e. The molecular weight excluding hydrogens is 427 g/mol. The maximum Gasteiger partial charge on any atom is 0.417 e. The van der Waals surface area contributed by atoms with Gasteiger partial charge in [-0.1, -0.05) is 0 Å². The molecule has 5 heterocycles. The number of nitrogen functional groups attached to an aromatic ring is 1. The zero-order valence-corrected chi connectivity index (χ0v) is 16.7. The van der Waals surface area contributed by atoms with Crippen molar-refractivity contribution in [3.8, 4) is 0 Å². The predicted molar refractivity (Wildman–Crippen MR) is 106 cm³/mol. The fourth-order valence-electron chi connectivity index (χ4n) is 4.00. The van der Waals surface area contributed by atoms with Gasteiger partial charge in [0.05, 0.1) is 55.4 Å². The van der Waals surface area contributed by atoms with Crippen LogP contribution >= 0.6 is 0 Å². The number of anilines is 1. The monoisotopic (exact) mass is 445 g/mol. The summed E-state index contributed by atoms with van der Waals surface area (Å²) in [4.78, 5) is 27.4. The number of amides is 1. The number of halogens is 3. The molecule has 0 radical (unpaired) electrons. The van der Waals surface area contributed by atoms with Crippen molar-refractivity contribution >= 4 is 22.6 Å². The van der Waals surface area contributed by atoms with Gasteiger partial charge in [-0.2, -0.15) is 13.2 Å². The molecule has 2 aliphatic rings. The Balaban J connectivity index is 1.48. The topological polar surface area (TPSA) is 103 Å². The van der Waals surface area contributed by atoms with Crippen LogP contribution in [0.4, 0.5) is 19.0 Å². The van der Waals surface area contributed by atoms with Crippen molar-refractivity contribution in [1.82, 2.24) is 19.9 Å². The number of hydrogen-bond donors (Lipinski definition) is 1. The minimum absolute atomic E-state index is 0.124. The fraction of sp³-hybridized carbons (Fsp3) is 0.333. The Hall–Kier alpha value is -3.31. The van der Waals surface area contributed by atoms with E-state index < -0.39 is 17.8 Å². The number of alkyl halides is 3. The Morgan fingerprint density at radius 3 is 2.69 bits per heavy atom. The van der Waals surface area contributed by atoms with Crippen LogP contribution in [0.2, 0.25) is 0 Å². The first-order valence-corrected chi connectivity index (χ1v) is 9.89. The normalized spacial score (nSPS) is 18.7. The molecule has 1 saturated heterocycles. The molecule has 3 aromatic rings. The number of morpholine rings is 1. The molecule has 1 atom stereocenters. The zero-order valence-electron chi connectivity index (χ0n) is 16.7. The van der Waals surface area contributed by atoms with Crippen molar-refractivity contribution in [3.05, 3.63) is 58.7 Å². The van der Waals surface area contributed by atoms with E-state index in [-0.39, 0.29) is 24.8 Å². The highest BCUT2D eigenvalue weighted by Crippen LogP contribution is 2.33. The average Bonchev–Trinajstić information content (AvgIpc) is 3.29. The summed E-state index contributed by atoms with van der Waals surface area (Å²) < 4.78 is 49.6. The summed E-state index contributed by atoms with van der Waals surface area (Å²) >= 11 is 0. The van der Waals surface area contributed by atoms with Gasteiger partial charge in [-0.05, 0) is 23.8 Å². The van der Waals surface area contributed by atoms with E-state index in [4.69, 9.17) is 15.2 Å². The molecule has 166 valence electrons.